The molecule has 5 heteroatoms. The number of rotatable bonds is 7. The average molecular weight is 242 g/mol. The average Bonchev–Trinajstić information content (AvgIpc) is 3.08. The molecule has 0 heterocycles. The lowest BCUT2D eigenvalue weighted by Gasteiger charge is -2.19. The van der Waals surface area contributed by atoms with E-state index in [0.29, 0.717) is 19.0 Å². The van der Waals surface area contributed by atoms with Crippen LogP contribution in [0.2, 0.25) is 0 Å². The summed E-state index contributed by atoms with van der Waals surface area (Å²) in [5, 5.41) is 2.90. The highest BCUT2D eigenvalue weighted by Crippen LogP contribution is 2.27. The number of amides is 1. The first-order valence-electron chi connectivity index (χ1n) is 6.06. The van der Waals surface area contributed by atoms with Gasteiger partial charge in [-0.05, 0) is 25.8 Å². The molecule has 1 saturated carbocycles. The van der Waals surface area contributed by atoms with Crippen LogP contribution in [0.5, 0.6) is 0 Å². The molecule has 1 N–H and O–H groups in total. The molecule has 1 atom stereocenters. The topological polar surface area (TPSA) is 58.6 Å². The highest BCUT2D eigenvalue weighted by atomic mass is 16.5. The summed E-state index contributed by atoms with van der Waals surface area (Å²) in [7, 11) is 3.21. The smallest absolute Gasteiger partial charge is 0.309 e. The number of hydrogen-bond acceptors (Lipinski definition) is 4. The number of carbonyl (C=O) groups is 2. The van der Waals surface area contributed by atoms with Gasteiger partial charge in [0.15, 0.2) is 0 Å². The molecule has 1 unspecified atom stereocenters. The third-order valence-electron chi connectivity index (χ3n) is 2.89. The van der Waals surface area contributed by atoms with Crippen molar-refractivity contribution in [1.82, 2.24) is 10.2 Å². The largest absolute Gasteiger partial charge is 0.469 e. The zero-order valence-electron chi connectivity index (χ0n) is 10.9. The standard InChI is InChI=1S/C12H22N2O3/c1-9(12(16)17-3)7-14(2)8-11(15)13-6-10-4-5-10/h9-10H,4-8H2,1-3H3,(H,13,15). The Kier molecular flexibility index (Phi) is 5.41. The zero-order chi connectivity index (χ0) is 12.8. The highest BCUT2D eigenvalue weighted by molar-refractivity contribution is 5.78. The summed E-state index contributed by atoms with van der Waals surface area (Å²) in [4.78, 5) is 24.6. The van der Waals surface area contributed by atoms with Crippen molar-refractivity contribution in [2.45, 2.75) is 19.8 Å². The van der Waals surface area contributed by atoms with E-state index in [1.165, 1.54) is 20.0 Å². The van der Waals surface area contributed by atoms with Gasteiger partial charge in [0.2, 0.25) is 5.91 Å². The molecular formula is C12H22N2O3. The van der Waals surface area contributed by atoms with E-state index in [0.717, 1.165) is 6.54 Å². The van der Waals surface area contributed by atoms with E-state index < -0.39 is 0 Å². The third kappa shape index (κ3) is 5.68. The lowest BCUT2D eigenvalue weighted by atomic mass is 10.2. The molecule has 5 nitrogen and oxygen atoms in total. The van der Waals surface area contributed by atoms with Gasteiger partial charge in [0.25, 0.3) is 0 Å². The first-order chi connectivity index (χ1) is 8.02. The second kappa shape index (κ2) is 6.59. The van der Waals surface area contributed by atoms with E-state index in [9.17, 15) is 9.59 Å². The summed E-state index contributed by atoms with van der Waals surface area (Å²) in [6.07, 6.45) is 2.46. The third-order valence-corrected chi connectivity index (χ3v) is 2.89. The van der Waals surface area contributed by atoms with Gasteiger partial charge in [0, 0.05) is 13.1 Å². The van der Waals surface area contributed by atoms with Crippen LogP contribution in [0.4, 0.5) is 0 Å². The summed E-state index contributed by atoms with van der Waals surface area (Å²) in [5.41, 5.74) is 0. The van der Waals surface area contributed by atoms with Gasteiger partial charge >= 0.3 is 5.97 Å². The Morgan fingerprint density at radius 2 is 2.12 bits per heavy atom. The van der Waals surface area contributed by atoms with Crippen molar-refractivity contribution in [2.75, 3.05) is 33.8 Å². The van der Waals surface area contributed by atoms with Crippen molar-refractivity contribution in [3.63, 3.8) is 0 Å². The van der Waals surface area contributed by atoms with E-state index in [1.807, 2.05) is 11.9 Å². The molecule has 98 valence electrons. The predicted molar refractivity (Wildman–Crippen MR) is 64.4 cm³/mol. The number of likely N-dealkylation sites (N-methyl/N-ethyl adjacent to an activating group) is 1. The maximum absolute atomic E-state index is 11.5. The van der Waals surface area contributed by atoms with Crippen molar-refractivity contribution < 1.29 is 14.3 Å². The molecule has 0 aromatic carbocycles. The van der Waals surface area contributed by atoms with Crippen molar-refractivity contribution in [3.8, 4) is 0 Å². The molecule has 0 aromatic heterocycles. The van der Waals surface area contributed by atoms with E-state index >= 15 is 0 Å². The molecule has 1 amide bonds. The molecule has 0 spiro atoms. The zero-order valence-corrected chi connectivity index (χ0v) is 10.9. The normalized spacial score (nSPS) is 16.7. The highest BCUT2D eigenvalue weighted by Gasteiger charge is 2.22. The van der Waals surface area contributed by atoms with Crippen molar-refractivity contribution in [1.29, 1.82) is 0 Å². The SMILES string of the molecule is COC(=O)C(C)CN(C)CC(=O)NCC1CC1. The Bertz CT molecular complexity index is 277. The first-order valence-corrected chi connectivity index (χ1v) is 6.06. The summed E-state index contributed by atoms with van der Waals surface area (Å²) in [6.45, 7) is 3.45. The minimum Gasteiger partial charge on any atom is -0.469 e. The van der Waals surface area contributed by atoms with E-state index in [1.54, 1.807) is 6.92 Å². The fourth-order valence-corrected chi connectivity index (χ4v) is 1.69. The first kappa shape index (κ1) is 14.0. The van der Waals surface area contributed by atoms with Crippen LogP contribution in [0.3, 0.4) is 0 Å². The van der Waals surface area contributed by atoms with Crippen LogP contribution in [0.1, 0.15) is 19.8 Å². The van der Waals surface area contributed by atoms with Crippen LogP contribution in [-0.4, -0.2) is 50.6 Å². The van der Waals surface area contributed by atoms with Crippen molar-refractivity contribution in [3.05, 3.63) is 0 Å². The number of methoxy groups -OCH3 is 1. The minimum atomic E-state index is -0.241. The number of ether oxygens (including phenoxy) is 1. The van der Waals surface area contributed by atoms with E-state index in [2.05, 4.69) is 10.1 Å². The summed E-state index contributed by atoms with van der Waals surface area (Å²) in [6, 6.07) is 0. The van der Waals surface area contributed by atoms with Crippen LogP contribution in [0, 0.1) is 11.8 Å². The van der Waals surface area contributed by atoms with Crippen LogP contribution < -0.4 is 5.32 Å². The maximum Gasteiger partial charge on any atom is 0.309 e. The van der Waals surface area contributed by atoms with E-state index in [-0.39, 0.29) is 17.8 Å². The maximum atomic E-state index is 11.5. The number of nitrogens with one attached hydrogen (secondary N) is 1. The van der Waals surface area contributed by atoms with Crippen molar-refractivity contribution >= 4 is 11.9 Å². The Morgan fingerprint density at radius 1 is 1.47 bits per heavy atom. The van der Waals surface area contributed by atoms with Gasteiger partial charge in [-0.3, -0.25) is 14.5 Å². The van der Waals surface area contributed by atoms with Crippen LogP contribution >= 0.6 is 0 Å². The summed E-state index contributed by atoms with van der Waals surface area (Å²) < 4.78 is 4.64. The van der Waals surface area contributed by atoms with Gasteiger partial charge in [-0.2, -0.15) is 0 Å². The second-order valence-electron chi connectivity index (χ2n) is 4.87. The van der Waals surface area contributed by atoms with Crippen LogP contribution in [0.15, 0.2) is 0 Å². The number of carbonyl (C=O) groups excluding carboxylic acids is 2. The van der Waals surface area contributed by atoms with Gasteiger partial charge in [-0.1, -0.05) is 6.92 Å². The van der Waals surface area contributed by atoms with Crippen molar-refractivity contribution in [2.24, 2.45) is 11.8 Å². The minimum absolute atomic E-state index is 0.0245. The fourth-order valence-electron chi connectivity index (χ4n) is 1.69. The molecule has 1 aliphatic carbocycles. The summed E-state index contributed by atoms with van der Waals surface area (Å²) >= 11 is 0. The molecule has 1 fully saturated rings. The Balaban J connectivity index is 2.15. The van der Waals surface area contributed by atoms with Gasteiger partial charge < -0.3 is 10.1 Å². The molecule has 17 heavy (non-hydrogen) atoms. The van der Waals surface area contributed by atoms with Gasteiger partial charge in [-0.15, -0.1) is 0 Å². The Hall–Kier alpha value is -1.10. The monoisotopic (exact) mass is 242 g/mol. The molecule has 1 rings (SSSR count). The fraction of sp³-hybridized carbons (Fsp3) is 0.833. The second-order valence-corrected chi connectivity index (χ2v) is 4.87. The van der Waals surface area contributed by atoms with E-state index in [4.69, 9.17) is 0 Å². The van der Waals surface area contributed by atoms with Gasteiger partial charge in [0.05, 0.1) is 19.6 Å². The molecular weight excluding hydrogens is 220 g/mol. The molecule has 0 aromatic rings. The molecule has 1 aliphatic rings. The lowest BCUT2D eigenvalue weighted by molar-refractivity contribution is -0.145. The van der Waals surface area contributed by atoms with Crippen LogP contribution in [-0.2, 0) is 14.3 Å². The lowest BCUT2D eigenvalue weighted by Crippen LogP contribution is -2.39. The number of hydrogen-bond donors (Lipinski definition) is 1. The molecule has 0 saturated heterocycles. The number of nitrogens with zero attached hydrogens (tertiary/aromatic N) is 1. The predicted octanol–water partition coefficient (Wildman–Crippen LogP) is 0.254. The van der Waals surface area contributed by atoms with Gasteiger partial charge in [0.1, 0.15) is 0 Å². The van der Waals surface area contributed by atoms with Crippen LogP contribution in [0.25, 0.3) is 0 Å². The Morgan fingerprint density at radius 3 is 2.65 bits per heavy atom. The molecule has 0 radical (unpaired) electrons. The quantitative estimate of drug-likeness (QED) is 0.650. The number of esters is 1. The van der Waals surface area contributed by atoms with Gasteiger partial charge in [-0.25, -0.2) is 0 Å². The Labute approximate surface area is 102 Å². The molecule has 0 bridgehead atoms. The summed E-state index contributed by atoms with van der Waals surface area (Å²) in [5.74, 6) is 0.270. The molecule has 0 aliphatic heterocycles.